The van der Waals surface area contributed by atoms with Gasteiger partial charge in [0.15, 0.2) is 5.76 Å². The number of β-amino-alcohol motifs (C(OH)–C–C–N with tert-alkyl or cyclic N) is 1. The highest BCUT2D eigenvalue weighted by Crippen LogP contribution is 2.15. The summed E-state index contributed by atoms with van der Waals surface area (Å²) in [5, 5.41) is 13.2. The molecule has 78 valence electrons. The lowest BCUT2D eigenvalue weighted by atomic mass is 10.3. The van der Waals surface area contributed by atoms with Gasteiger partial charge in [-0.05, 0) is 0 Å². The Bertz CT molecular complexity index is 276. The van der Waals surface area contributed by atoms with E-state index >= 15 is 0 Å². The standard InChI is InChI=1S/C9H14N2O3/c1-13-9-6-11(5-8(9)12)4-7-2-3-10-14-7/h2-3,8-9,12H,4-6H2,1H3/t8-,9-/m1/s1. The van der Waals surface area contributed by atoms with Crippen LogP contribution in [0.5, 0.6) is 0 Å². The monoisotopic (exact) mass is 198 g/mol. The predicted octanol–water partition coefficient (Wildman–Crippen LogP) is -0.134. The number of methoxy groups -OCH3 is 1. The fourth-order valence-corrected chi connectivity index (χ4v) is 1.74. The second-order valence-electron chi connectivity index (χ2n) is 3.51. The first-order valence-electron chi connectivity index (χ1n) is 4.62. The van der Waals surface area contributed by atoms with E-state index in [0.717, 1.165) is 12.3 Å². The Kier molecular flexibility index (Phi) is 2.81. The van der Waals surface area contributed by atoms with Gasteiger partial charge in [-0.1, -0.05) is 5.16 Å². The Balaban J connectivity index is 1.89. The zero-order valence-electron chi connectivity index (χ0n) is 8.09. The third-order valence-corrected chi connectivity index (χ3v) is 2.49. The SMILES string of the molecule is CO[C@@H]1CN(Cc2ccno2)C[C@H]1O. The van der Waals surface area contributed by atoms with Crippen LogP contribution in [-0.4, -0.2) is 47.6 Å². The van der Waals surface area contributed by atoms with E-state index in [9.17, 15) is 5.11 Å². The van der Waals surface area contributed by atoms with Crippen LogP contribution in [0.1, 0.15) is 5.76 Å². The molecule has 0 unspecified atom stereocenters. The Morgan fingerprint density at radius 1 is 1.71 bits per heavy atom. The van der Waals surface area contributed by atoms with Crippen LogP contribution in [0.15, 0.2) is 16.8 Å². The number of aliphatic hydroxyl groups excluding tert-OH is 1. The number of likely N-dealkylation sites (tertiary alicyclic amines) is 1. The molecule has 5 heteroatoms. The largest absolute Gasteiger partial charge is 0.389 e. The third kappa shape index (κ3) is 1.95. The van der Waals surface area contributed by atoms with Gasteiger partial charge >= 0.3 is 0 Å². The summed E-state index contributed by atoms with van der Waals surface area (Å²) in [5.41, 5.74) is 0. The summed E-state index contributed by atoms with van der Waals surface area (Å²) in [7, 11) is 1.62. The predicted molar refractivity (Wildman–Crippen MR) is 48.6 cm³/mol. The zero-order valence-corrected chi connectivity index (χ0v) is 8.09. The first kappa shape index (κ1) is 9.64. The van der Waals surface area contributed by atoms with Crippen molar-refractivity contribution in [2.45, 2.75) is 18.8 Å². The smallest absolute Gasteiger partial charge is 0.150 e. The van der Waals surface area contributed by atoms with Gasteiger partial charge in [0.2, 0.25) is 0 Å². The average Bonchev–Trinajstić information content (AvgIpc) is 2.76. The van der Waals surface area contributed by atoms with Gasteiger partial charge in [-0.3, -0.25) is 4.90 Å². The number of hydrogen-bond donors (Lipinski definition) is 1. The molecule has 1 aliphatic rings. The summed E-state index contributed by atoms with van der Waals surface area (Å²) >= 11 is 0. The van der Waals surface area contributed by atoms with E-state index < -0.39 is 6.10 Å². The highest BCUT2D eigenvalue weighted by Gasteiger charge is 2.31. The topological polar surface area (TPSA) is 58.7 Å². The number of nitrogens with zero attached hydrogens (tertiary/aromatic N) is 2. The third-order valence-electron chi connectivity index (χ3n) is 2.49. The van der Waals surface area contributed by atoms with E-state index in [0.29, 0.717) is 13.1 Å². The van der Waals surface area contributed by atoms with Crippen LogP contribution < -0.4 is 0 Å². The van der Waals surface area contributed by atoms with Crippen LogP contribution in [0.25, 0.3) is 0 Å². The molecule has 0 aliphatic carbocycles. The summed E-state index contributed by atoms with van der Waals surface area (Å²) in [6, 6.07) is 1.83. The van der Waals surface area contributed by atoms with Gasteiger partial charge in [-0.2, -0.15) is 0 Å². The summed E-state index contributed by atoms with van der Waals surface area (Å²) in [4.78, 5) is 2.08. The maximum atomic E-state index is 9.58. The van der Waals surface area contributed by atoms with E-state index in [1.807, 2.05) is 6.07 Å². The molecule has 2 heterocycles. The second-order valence-corrected chi connectivity index (χ2v) is 3.51. The Labute approximate surface area is 82.2 Å². The minimum absolute atomic E-state index is 0.0853. The van der Waals surface area contributed by atoms with Gasteiger partial charge in [0, 0.05) is 26.3 Å². The number of rotatable bonds is 3. The quantitative estimate of drug-likeness (QED) is 0.733. The second kappa shape index (κ2) is 4.08. The molecule has 1 aliphatic heterocycles. The molecular weight excluding hydrogens is 184 g/mol. The number of hydrogen-bond acceptors (Lipinski definition) is 5. The van der Waals surface area contributed by atoms with Crippen molar-refractivity contribution in [3.8, 4) is 0 Å². The lowest BCUT2D eigenvalue weighted by molar-refractivity contribution is 0.0214. The van der Waals surface area contributed by atoms with Crippen molar-refractivity contribution in [1.29, 1.82) is 0 Å². The molecule has 1 fully saturated rings. The Morgan fingerprint density at radius 2 is 2.57 bits per heavy atom. The normalized spacial score (nSPS) is 28.4. The Hall–Kier alpha value is -0.910. The summed E-state index contributed by atoms with van der Waals surface area (Å²) in [5.74, 6) is 0.814. The zero-order chi connectivity index (χ0) is 9.97. The lowest BCUT2D eigenvalue weighted by Gasteiger charge is -2.12. The van der Waals surface area contributed by atoms with Crippen LogP contribution in [0.2, 0.25) is 0 Å². The minimum Gasteiger partial charge on any atom is -0.389 e. The number of aliphatic hydroxyl groups is 1. The van der Waals surface area contributed by atoms with Crippen LogP contribution in [-0.2, 0) is 11.3 Å². The van der Waals surface area contributed by atoms with Gasteiger partial charge in [-0.15, -0.1) is 0 Å². The van der Waals surface area contributed by atoms with E-state index in [1.54, 1.807) is 13.3 Å². The first-order chi connectivity index (χ1) is 6.79. The van der Waals surface area contributed by atoms with E-state index in [-0.39, 0.29) is 6.10 Å². The fraction of sp³-hybridized carbons (Fsp3) is 0.667. The molecule has 0 aromatic carbocycles. The van der Waals surface area contributed by atoms with Crippen LogP contribution in [0.4, 0.5) is 0 Å². The van der Waals surface area contributed by atoms with Crippen molar-refractivity contribution in [3.63, 3.8) is 0 Å². The molecule has 14 heavy (non-hydrogen) atoms. The highest BCUT2D eigenvalue weighted by molar-refractivity contribution is 4.95. The van der Waals surface area contributed by atoms with Gasteiger partial charge in [-0.25, -0.2) is 0 Å². The molecule has 1 saturated heterocycles. The molecule has 2 rings (SSSR count). The molecule has 1 aromatic heterocycles. The van der Waals surface area contributed by atoms with E-state index in [2.05, 4.69) is 10.1 Å². The summed E-state index contributed by atoms with van der Waals surface area (Å²) < 4.78 is 10.1. The summed E-state index contributed by atoms with van der Waals surface area (Å²) in [6.07, 6.45) is 1.14. The molecule has 0 bridgehead atoms. The fourth-order valence-electron chi connectivity index (χ4n) is 1.74. The molecule has 5 nitrogen and oxygen atoms in total. The molecule has 0 amide bonds. The van der Waals surface area contributed by atoms with Crippen LogP contribution in [0.3, 0.4) is 0 Å². The molecule has 2 atom stereocenters. The molecule has 0 saturated carbocycles. The molecule has 0 spiro atoms. The number of aromatic nitrogens is 1. The van der Waals surface area contributed by atoms with E-state index in [1.165, 1.54) is 0 Å². The molecule has 1 aromatic rings. The van der Waals surface area contributed by atoms with Gasteiger partial charge < -0.3 is 14.4 Å². The van der Waals surface area contributed by atoms with Crippen molar-refractivity contribution >= 4 is 0 Å². The maximum Gasteiger partial charge on any atom is 0.150 e. The van der Waals surface area contributed by atoms with Crippen LogP contribution >= 0.6 is 0 Å². The molecular formula is C9H14N2O3. The highest BCUT2D eigenvalue weighted by atomic mass is 16.5. The molecule has 1 N–H and O–H groups in total. The Morgan fingerprint density at radius 3 is 3.14 bits per heavy atom. The van der Waals surface area contributed by atoms with Gasteiger partial charge in [0.1, 0.15) is 0 Å². The van der Waals surface area contributed by atoms with Crippen LogP contribution in [0, 0.1) is 0 Å². The van der Waals surface area contributed by atoms with Crippen molar-refractivity contribution in [2.75, 3.05) is 20.2 Å². The lowest BCUT2D eigenvalue weighted by Crippen LogP contribution is -2.25. The van der Waals surface area contributed by atoms with E-state index in [4.69, 9.17) is 9.26 Å². The van der Waals surface area contributed by atoms with Gasteiger partial charge in [0.25, 0.3) is 0 Å². The van der Waals surface area contributed by atoms with Crippen molar-refractivity contribution in [3.05, 3.63) is 18.0 Å². The summed E-state index contributed by atoms with van der Waals surface area (Å²) in [6.45, 7) is 2.04. The van der Waals surface area contributed by atoms with Crippen molar-refractivity contribution < 1.29 is 14.4 Å². The average molecular weight is 198 g/mol. The van der Waals surface area contributed by atoms with Crippen molar-refractivity contribution in [2.24, 2.45) is 0 Å². The maximum absolute atomic E-state index is 9.58. The van der Waals surface area contributed by atoms with Crippen molar-refractivity contribution in [1.82, 2.24) is 10.1 Å². The minimum atomic E-state index is -0.400. The molecule has 0 radical (unpaired) electrons. The first-order valence-corrected chi connectivity index (χ1v) is 4.62. The van der Waals surface area contributed by atoms with Gasteiger partial charge in [0.05, 0.1) is 24.9 Å². The number of ether oxygens (including phenoxy) is 1.